The first-order valence-electron chi connectivity index (χ1n) is 27.7. The molecule has 0 heterocycles. The highest BCUT2D eigenvalue weighted by Gasteiger charge is 2.19. The number of hydrogen-bond acceptors (Lipinski definition) is 6. The van der Waals surface area contributed by atoms with Crippen molar-refractivity contribution in [1.82, 2.24) is 0 Å². The lowest BCUT2D eigenvalue weighted by molar-refractivity contribution is -0.167. The monoisotopic (exact) mass is 875 g/mol. The third kappa shape index (κ3) is 49.2. The number of hydrogen-bond donors (Lipinski definition) is 0. The van der Waals surface area contributed by atoms with E-state index in [2.05, 4.69) is 32.9 Å². The van der Waals surface area contributed by atoms with Crippen molar-refractivity contribution in [3.8, 4) is 0 Å². The molecule has 0 saturated heterocycles. The summed E-state index contributed by atoms with van der Waals surface area (Å²) in [7, 11) is 0. The summed E-state index contributed by atoms with van der Waals surface area (Å²) in [6.45, 7) is 6.67. The summed E-state index contributed by atoms with van der Waals surface area (Å²) in [5.74, 6) is -0.851. The maximum absolute atomic E-state index is 12.8. The van der Waals surface area contributed by atoms with E-state index in [4.69, 9.17) is 14.2 Å². The molecule has 62 heavy (non-hydrogen) atoms. The van der Waals surface area contributed by atoms with Crippen LogP contribution in [0.5, 0.6) is 0 Å². The van der Waals surface area contributed by atoms with Crippen LogP contribution in [0, 0.1) is 0 Å². The molecule has 6 heteroatoms. The van der Waals surface area contributed by atoms with Gasteiger partial charge in [0, 0.05) is 19.3 Å². The van der Waals surface area contributed by atoms with Crippen molar-refractivity contribution >= 4 is 17.9 Å². The Balaban J connectivity index is 4.27. The van der Waals surface area contributed by atoms with Crippen LogP contribution in [0.4, 0.5) is 0 Å². The number of carbonyl (C=O) groups is 3. The van der Waals surface area contributed by atoms with Crippen molar-refractivity contribution in [2.24, 2.45) is 0 Å². The summed E-state index contributed by atoms with van der Waals surface area (Å²) in [6, 6.07) is 0. The number of rotatable bonds is 51. The molecule has 0 bridgehead atoms. The van der Waals surface area contributed by atoms with E-state index in [9.17, 15) is 14.4 Å². The number of unbranched alkanes of at least 4 members (excludes halogenated alkanes) is 38. The summed E-state index contributed by atoms with van der Waals surface area (Å²) < 4.78 is 16.8. The van der Waals surface area contributed by atoms with Gasteiger partial charge in [-0.25, -0.2) is 0 Å². The van der Waals surface area contributed by atoms with Crippen LogP contribution < -0.4 is 0 Å². The van der Waals surface area contributed by atoms with Gasteiger partial charge in [0.25, 0.3) is 0 Å². The smallest absolute Gasteiger partial charge is 0.306 e. The Morgan fingerprint density at radius 2 is 0.532 bits per heavy atom. The van der Waals surface area contributed by atoms with Crippen LogP contribution in [0.25, 0.3) is 0 Å². The van der Waals surface area contributed by atoms with Crippen molar-refractivity contribution in [3.05, 3.63) is 12.2 Å². The van der Waals surface area contributed by atoms with E-state index < -0.39 is 6.10 Å². The molecular weight excluding hydrogens is 769 g/mol. The van der Waals surface area contributed by atoms with Gasteiger partial charge in [0.15, 0.2) is 6.10 Å². The minimum Gasteiger partial charge on any atom is -0.462 e. The van der Waals surface area contributed by atoms with Crippen LogP contribution in [0.2, 0.25) is 0 Å². The van der Waals surface area contributed by atoms with E-state index in [0.717, 1.165) is 57.8 Å². The maximum Gasteiger partial charge on any atom is 0.306 e. The first-order valence-corrected chi connectivity index (χ1v) is 27.7. The van der Waals surface area contributed by atoms with E-state index in [1.807, 2.05) is 0 Å². The number of esters is 3. The van der Waals surface area contributed by atoms with Crippen molar-refractivity contribution in [3.63, 3.8) is 0 Å². The van der Waals surface area contributed by atoms with Crippen molar-refractivity contribution in [2.45, 2.75) is 316 Å². The van der Waals surface area contributed by atoms with Gasteiger partial charge >= 0.3 is 17.9 Å². The fraction of sp³-hybridized carbons (Fsp3) is 0.911. The fourth-order valence-corrected chi connectivity index (χ4v) is 8.32. The quantitative estimate of drug-likeness (QED) is 0.0262. The molecule has 0 spiro atoms. The second kappa shape index (κ2) is 51.8. The molecule has 1 unspecified atom stereocenters. The largest absolute Gasteiger partial charge is 0.462 e. The van der Waals surface area contributed by atoms with Gasteiger partial charge in [-0.05, 0) is 44.9 Å². The van der Waals surface area contributed by atoms with Gasteiger partial charge in [0.2, 0.25) is 0 Å². The van der Waals surface area contributed by atoms with E-state index in [-0.39, 0.29) is 31.1 Å². The first-order chi connectivity index (χ1) is 30.5. The highest BCUT2D eigenvalue weighted by molar-refractivity contribution is 5.71. The number of allylic oxidation sites excluding steroid dienone is 2. The minimum absolute atomic E-state index is 0.0659. The average molecular weight is 875 g/mol. The molecule has 0 aromatic rings. The van der Waals surface area contributed by atoms with Gasteiger partial charge in [0.1, 0.15) is 13.2 Å². The predicted octanol–water partition coefficient (Wildman–Crippen LogP) is 18.2. The van der Waals surface area contributed by atoms with Crippen LogP contribution in [0.3, 0.4) is 0 Å². The Bertz CT molecular complexity index is 962. The number of carbonyl (C=O) groups excluding carboxylic acids is 3. The van der Waals surface area contributed by atoms with Crippen LogP contribution in [0.1, 0.15) is 310 Å². The van der Waals surface area contributed by atoms with Crippen molar-refractivity contribution < 1.29 is 28.6 Å². The van der Waals surface area contributed by atoms with Gasteiger partial charge in [-0.1, -0.05) is 258 Å². The predicted molar refractivity (Wildman–Crippen MR) is 266 cm³/mol. The average Bonchev–Trinajstić information content (AvgIpc) is 3.27. The lowest BCUT2D eigenvalue weighted by atomic mass is 10.0. The molecule has 0 aliphatic heterocycles. The standard InChI is InChI=1S/C56H106O6/c1-4-7-10-13-16-19-22-24-26-28-29-31-32-34-37-40-43-46-49-55(58)61-52-53(51-60-54(57)48-45-42-39-36-21-18-15-12-9-6-3)62-56(59)50-47-44-41-38-35-33-30-27-25-23-20-17-14-11-8-5-2/h26,28,53H,4-25,27,29-52H2,1-3H3/b28-26-. The van der Waals surface area contributed by atoms with Gasteiger partial charge in [-0.3, -0.25) is 14.4 Å². The highest BCUT2D eigenvalue weighted by Crippen LogP contribution is 2.17. The van der Waals surface area contributed by atoms with Gasteiger partial charge < -0.3 is 14.2 Å². The molecule has 0 N–H and O–H groups in total. The van der Waals surface area contributed by atoms with E-state index in [0.29, 0.717) is 19.3 Å². The van der Waals surface area contributed by atoms with Crippen molar-refractivity contribution in [2.75, 3.05) is 13.2 Å². The zero-order valence-corrected chi connectivity index (χ0v) is 41.9. The minimum atomic E-state index is -0.765. The maximum atomic E-state index is 12.8. The second-order valence-electron chi connectivity index (χ2n) is 18.9. The molecule has 6 nitrogen and oxygen atoms in total. The molecule has 0 saturated carbocycles. The SMILES string of the molecule is CCCCCCCCC/C=C\CCCCCCCCCC(=O)OCC(COC(=O)CCCCCCCCCCCC)OC(=O)CCCCCCCCCCCCCCCCCC. The molecule has 366 valence electrons. The Kier molecular flexibility index (Phi) is 50.2. The van der Waals surface area contributed by atoms with E-state index >= 15 is 0 Å². The van der Waals surface area contributed by atoms with Crippen molar-refractivity contribution in [1.29, 1.82) is 0 Å². The first kappa shape index (κ1) is 60.2. The molecule has 0 radical (unpaired) electrons. The fourth-order valence-electron chi connectivity index (χ4n) is 8.32. The highest BCUT2D eigenvalue weighted by atomic mass is 16.6. The molecule has 0 aliphatic rings. The summed E-state index contributed by atoms with van der Waals surface area (Å²) >= 11 is 0. The summed E-state index contributed by atoms with van der Waals surface area (Å²) in [5, 5.41) is 0. The third-order valence-electron chi connectivity index (χ3n) is 12.5. The van der Waals surface area contributed by atoms with Gasteiger partial charge in [-0.2, -0.15) is 0 Å². The van der Waals surface area contributed by atoms with Crippen LogP contribution in [-0.4, -0.2) is 37.2 Å². The molecule has 1 atom stereocenters. The Morgan fingerprint density at radius 3 is 0.806 bits per heavy atom. The van der Waals surface area contributed by atoms with E-state index in [1.165, 1.54) is 212 Å². The topological polar surface area (TPSA) is 78.9 Å². The summed E-state index contributed by atoms with van der Waals surface area (Å²) in [5.41, 5.74) is 0. The zero-order valence-electron chi connectivity index (χ0n) is 41.9. The molecule has 0 rings (SSSR count). The van der Waals surface area contributed by atoms with Crippen LogP contribution >= 0.6 is 0 Å². The Labute approximate surface area is 386 Å². The molecule has 0 aromatic heterocycles. The molecule has 0 aliphatic carbocycles. The lowest BCUT2D eigenvalue weighted by Gasteiger charge is -2.18. The lowest BCUT2D eigenvalue weighted by Crippen LogP contribution is -2.30. The van der Waals surface area contributed by atoms with Gasteiger partial charge in [0.05, 0.1) is 0 Å². The normalized spacial score (nSPS) is 12.0. The summed E-state index contributed by atoms with van der Waals surface area (Å²) in [4.78, 5) is 38.0. The molecule has 0 aromatic carbocycles. The molecule has 0 amide bonds. The van der Waals surface area contributed by atoms with E-state index in [1.54, 1.807) is 0 Å². The third-order valence-corrected chi connectivity index (χ3v) is 12.5. The Morgan fingerprint density at radius 1 is 0.306 bits per heavy atom. The van der Waals surface area contributed by atoms with Crippen LogP contribution in [-0.2, 0) is 28.6 Å². The second-order valence-corrected chi connectivity index (χ2v) is 18.9. The number of ether oxygens (including phenoxy) is 3. The van der Waals surface area contributed by atoms with Crippen LogP contribution in [0.15, 0.2) is 12.2 Å². The molecule has 0 fully saturated rings. The zero-order chi connectivity index (χ0) is 45.1. The molecular formula is C56H106O6. The summed E-state index contributed by atoms with van der Waals surface area (Å²) in [6.07, 6.45) is 57.7. The van der Waals surface area contributed by atoms with Gasteiger partial charge in [-0.15, -0.1) is 0 Å². The Hall–Kier alpha value is -1.85.